The summed E-state index contributed by atoms with van der Waals surface area (Å²) >= 11 is 6.84. The molecule has 0 unspecified atom stereocenters. The minimum Gasteiger partial charge on any atom is -0.381 e. The maximum absolute atomic E-state index is 5.87. The molecule has 1 heterocycles. The standard InChI is InChI=1S/C9H13Br2N3/c1-9(2,12)5-14-8-6(10)3-13-4-7(8)11/h3-4H,5,12H2,1-2H3,(H,13,14). The number of pyridine rings is 1. The van der Waals surface area contributed by atoms with Crippen LogP contribution in [0.15, 0.2) is 21.3 Å². The van der Waals surface area contributed by atoms with Gasteiger partial charge < -0.3 is 11.1 Å². The summed E-state index contributed by atoms with van der Waals surface area (Å²) in [5.41, 5.74) is 6.63. The maximum atomic E-state index is 5.87. The number of rotatable bonds is 3. The SMILES string of the molecule is CC(C)(N)CNc1c(Br)cncc1Br. The number of hydrogen-bond acceptors (Lipinski definition) is 3. The summed E-state index contributed by atoms with van der Waals surface area (Å²) in [5.74, 6) is 0. The molecule has 1 aromatic heterocycles. The summed E-state index contributed by atoms with van der Waals surface area (Å²) in [5, 5.41) is 3.26. The molecule has 0 saturated heterocycles. The molecule has 78 valence electrons. The van der Waals surface area contributed by atoms with E-state index in [0.717, 1.165) is 14.6 Å². The van der Waals surface area contributed by atoms with Crippen molar-refractivity contribution < 1.29 is 0 Å². The predicted molar refractivity (Wildman–Crippen MR) is 66.4 cm³/mol. The lowest BCUT2D eigenvalue weighted by Crippen LogP contribution is -2.39. The molecule has 14 heavy (non-hydrogen) atoms. The summed E-state index contributed by atoms with van der Waals surface area (Å²) in [7, 11) is 0. The fraction of sp³-hybridized carbons (Fsp3) is 0.444. The van der Waals surface area contributed by atoms with Gasteiger partial charge in [-0.15, -0.1) is 0 Å². The van der Waals surface area contributed by atoms with Crippen molar-refractivity contribution in [1.29, 1.82) is 0 Å². The summed E-state index contributed by atoms with van der Waals surface area (Å²) < 4.78 is 1.85. The number of halogens is 2. The third kappa shape index (κ3) is 3.55. The van der Waals surface area contributed by atoms with Crippen LogP contribution in [0.2, 0.25) is 0 Å². The van der Waals surface area contributed by atoms with Gasteiger partial charge in [-0.25, -0.2) is 0 Å². The molecule has 3 nitrogen and oxygen atoms in total. The highest BCUT2D eigenvalue weighted by Gasteiger charge is 2.12. The number of nitrogens with zero attached hydrogens (tertiary/aromatic N) is 1. The summed E-state index contributed by atoms with van der Waals surface area (Å²) in [6, 6.07) is 0. The Morgan fingerprint density at radius 3 is 2.29 bits per heavy atom. The van der Waals surface area contributed by atoms with Gasteiger partial charge in [0.2, 0.25) is 0 Å². The van der Waals surface area contributed by atoms with Gasteiger partial charge in [0.25, 0.3) is 0 Å². The molecule has 0 saturated carbocycles. The van der Waals surface area contributed by atoms with E-state index in [9.17, 15) is 0 Å². The molecule has 0 aromatic carbocycles. The van der Waals surface area contributed by atoms with Crippen LogP contribution < -0.4 is 11.1 Å². The van der Waals surface area contributed by atoms with Gasteiger partial charge in [0, 0.05) is 24.5 Å². The second-order valence-electron chi connectivity index (χ2n) is 3.82. The number of nitrogens with two attached hydrogens (primary N) is 1. The van der Waals surface area contributed by atoms with Crippen LogP contribution in [0.4, 0.5) is 5.69 Å². The van der Waals surface area contributed by atoms with Crippen molar-refractivity contribution in [2.24, 2.45) is 5.73 Å². The van der Waals surface area contributed by atoms with E-state index >= 15 is 0 Å². The Bertz CT molecular complexity index is 300. The van der Waals surface area contributed by atoms with Crippen molar-refractivity contribution in [3.8, 4) is 0 Å². The monoisotopic (exact) mass is 321 g/mol. The minimum absolute atomic E-state index is 0.234. The van der Waals surface area contributed by atoms with E-state index in [4.69, 9.17) is 5.73 Å². The zero-order valence-electron chi connectivity index (χ0n) is 8.14. The Kier molecular flexibility index (Phi) is 3.92. The van der Waals surface area contributed by atoms with E-state index < -0.39 is 0 Å². The molecule has 1 aromatic rings. The van der Waals surface area contributed by atoms with Gasteiger partial charge >= 0.3 is 0 Å². The molecule has 5 heteroatoms. The highest BCUT2D eigenvalue weighted by atomic mass is 79.9. The van der Waals surface area contributed by atoms with E-state index in [-0.39, 0.29) is 5.54 Å². The molecule has 0 atom stereocenters. The number of anilines is 1. The molecule has 0 aliphatic carbocycles. The first-order valence-corrected chi connectivity index (χ1v) is 5.80. The van der Waals surface area contributed by atoms with Gasteiger partial charge in [0.15, 0.2) is 0 Å². The molecular weight excluding hydrogens is 310 g/mol. The van der Waals surface area contributed by atoms with Crippen LogP contribution in [0.25, 0.3) is 0 Å². The number of nitrogens with one attached hydrogen (secondary N) is 1. The van der Waals surface area contributed by atoms with E-state index in [0.29, 0.717) is 6.54 Å². The molecule has 1 rings (SSSR count). The van der Waals surface area contributed by atoms with Crippen molar-refractivity contribution in [1.82, 2.24) is 4.98 Å². The first-order chi connectivity index (χ1) is 6.40. The lowest BCUT2D eigenvalue weighted by atomic mass is 10.1. The van der Waals surface area contributed by atoms with E-state index in [2.05, 4.69) is 42.2 Å². The van der Waals surface area contributed by atoms with Crippen LogP contribution in [0, 0.1) is 0 Å². The third-order valence-electron chi connectivity index (χ3n) is 1.57. The van der Waals surface area contributed by atoms with Gasteiger partial charge in [0.05, 0.1) is 14.6 Å². The summed E-state index contributed by atoms with van der Waals surface area (Å²) in [4.78, 5) is 4.02. The van der Waals surface area contributed by atoms with Crippen LogP contribution >= 0.6 is 31.9 Å². The Hall–Kier alpha value is -0.130. The van der Waals surface area contributed by atoms with E-state index in [1.807, 2.05) is 13.8 Å². The lowest BCUT2D eigenvalue weighted by Gasteiger charge is -2.20. The largest absolute Gasteiger partial charge is 0.381 e. The van der Waals surface area contributed by atoms with Gasteiger partial charge in [-0.3, -0.25) is 4.98 Å². The van der Waals surface area contributed by atoms with Crippen LogP contribution in [0.3, 0.4) is 0 Å². The van der Waals surface area contributed by atoms with Crippen molar-refractivity contribution in [2.45, 2.75) is 19.4 Å². The third-order valence-corrected chi connectivity index (χ3v) is 2.78. The molecule has 0 spiro atoms. The summed E-state index contributed by atoms with van der Waals surface area (Å²) in [6.07, 6.45) is 3.49. The summed E-state index contributed by atoms with van der Waals surface area (Å²) in [6.45, 7) is 4.65. The smallest absolute Gasteiger partial charge is 0.0661 e. The van der Waals surface area contributed by atoms with Crippen molar-refractivity contribution in [3.63, 3.8) is 0 Å². The Balaban J connectivity index is 2.77. The Morgan fingerprint density at radius 2 is 1.86 bits per heavy atom. The van der Waals surface area contributed by atoms with E-state index in [1.165, 1.54) is 0 Å². The zero-order chi connectivity index (χ0) is 10.8. The zero-order valence-corrected chi connectivity index (χ0v) is 11.3. The van der Waals surface area contributed by atoms with Gasteiger partial charge in [-0.1, -0.05) is 0 Å². The quantitative estimate of drug-likeness (QED) is 0.899. The Morgan fingerprint density at radius 1 is 1.36 bits per heavy atom. The second-order valence-corrected chi connectivity index (χ2v) is 5.53. The molecule has 0 aliphatic rings. The van der Waals surface area contributed by atoms with Crippen LogP contribution in [-0.4, -0.2) is 17.1 Å². The fourth-order valence-electron chi connectivity index (χ4n) is 0.896. The van der Waals surface area contributed by atoms with Crippen LogP contribution in [0.5, 0.6) is 0 Å². The molecule has 0 bridgehead atoms. The maximum Gasteiger partial charge on any atom is 0.0661 e. The highest BCUT2D eigenvalue weighted by molar-refractivity contribution is 9.11. The first-order valence-electron chi connectivity index (χ1n) is 4.22. The minimum atomic E-state index is -0.234. The number of aromatic nitrogens is 1. The normalized spacial score (nSPS) is 11.5. The van der Waals surface area contributed by atoms with Crippen LogP contribution in [-0.2, 0) is 0 Å². The first kappa shape index (κ1) is 11.9. The highest BCUT2D eigenvalue weighted by Crippen LogP contribution is 2.29. The fourth-order valence-corrected chi connectivity index (χ4v) is 2.11. The van der Waals surface area contributed by atoms with Crippen LogP contribution in [0.1, 0.15) is 13.8 Å². The topological polar surface area (TPSA) is 50.9 Å². The van der Waals surface area contributed by atoms with Crippen molar-refractivity contribution in [3.05, 3.63) is 21.3 Å². The predicted octanol–water partition coefficient (Wildman–Crippen LogP) is 2.76. The molecule has 0 aliphatic heterocycles. The Labute approximate surface area is 101 Å². The van der Waals surface area contributed by atoms with E-state index in [1.54, 1.807) is 12.4 Å². The molecule has 0 amide bonds. The average molecular weight is 323 g/mol. The van der Waals surface area contributed by atoms with Gasteiger partial charge in [-0.05, 0) is 45.7 Å². The lowest BCUT2D eigenvalue weighted by molar-refractivity contribution is 0.549. The van der Waals surface area contributed by atoms with Gasteiger partial charge in [-0.2, -0.15) is 0 Å². The molecular formula is C9H13Br2N3. The van der Waals surface area contributed by atoms with Gasteiger partial charge in [0.1, 0.15) is 0 Å². The van der Waals surface area contributed by atoms with Crippen molar-refractivity contribution >= 4 is 37.5 Å². The number of hydrogen-bond donors (Lipinski definition) is 2. The molecule has 0 radical (unpaired) electrons. The molecule has 3 N–H and O–H groups in total. The van der Waals surface area contributed by atoms with Crippen molar-refractivity contribution in [2.75, 3.05) is 11.9 Å². The second kappa shape index (κ2) is 4.59. The molecule has 0 fully saturated rings. The average Bonchev–Trinajstić information content (AvgIpc) is 2.01.